The van der Waals surface area contributed by atoms with Gasteiger partial charge in [-0.3, -0.25) is 0 Å². The van der Waals surface area contributed by atoms with E-state index in [0.29, 0.717) is 6.04 Å². The Morgan fingerprint density at radius 1 is 1.33 bits per heavy atom. The Kier molecular flexibility index (Phi) is 5.79. The van der Waals surface area contributed by atoms with Gasteiger partial charge in [0.05, 0.1) is 12.3 Å². The van der Waals surface area contributed by atoms with Gasteiger partial charge in [0.15, 0.2) is 0 Å². The van der Waals surface area contributed by atoms with Gasteiger partial charge in [-0.05, 0) is 43.9 Å². The smallest absolute Gasteiger partial charge is 0.120 e. The van der Waals surface area contributed by atoms with Crippen LogP contribution in [0.5, 0.6) is 0 Å². The largest absolute Gasteiger partial charge is 0.468 e. The molecule has 0 amide bonds. The molecule has 1 atom stereocenters. The van der Waals surface area contributed by atoms with Crippen LogP contribution in [0.4, 0.5) is 0 Å². The zero-order chi connectivity index (χ0) is 12.6. The van der Waals surface area contributed by atoms with E-state index < -0.39 is 0 Å². The monoisotopic (exact) mass is 249 g/mol. The van der Waals surface area contributed by atoms with E-state index in [9.17, 15) is 0 Å². The van der Waals surface area contributed by atoms with Crippen molar-refractivity contribution in [2.24, 2.45) is 5.92 Å². The van der Waals surface area contributed by atoms with E-state index in [-0.39, 0.29) is 0 Å². The van der Waals surface area contributed by atoms with Gasteiger partial charge in [0.25, 0.3) is 0 Å². The molecule has 1 saturated carbocycles. The predicted octanol–water partition coefficient (Wildman–Crippen LogP) is 4.68. The molecule has 18 heavy (non-hydrogen) atoms. The molecule has 0 aliphatic heterocycles. The summed E-state index contributed by atoms with van der Waals surface area (Å²) in [5.74, 6) is 2.07. The quantitative estimate of drug-likeness (QED) is 0.759. The highest BCUT2D eigenvalue weighted by atomic mass is 16.3. The van der Waals surface area contributed by atoms with Crippen molar-refractivity contribution in [3.8, 4) is 0 Å². The minimum absolute atomic E-state index is 0.418. The van der Waals surface area contributed by atoms with E-state index in [2.05, 4.69) is 18.3 Å². The van der Waals surface area contributed by atoms with Crippen molar-refractivity contribution in [3.63, 3.8) is 0 Å². The highest BCUT2D eigenvalue weighted by Crippen LogP contribution is 2.30. The van der Waals surface area contributed by atoms with Gasteiger partial charge >= 0.3 is 0 Å². The van der Waals surface area contributed by atoms with Crippen LogP contribution >= 0.6 is 0 Å². The molecule has 0 bridgehead atoms. The number of furan rings is 1. The normalized spacial score (nSPS) is 18.9. The third-order valence-electron chi connectivity index (χ3n) is 4.12. The highest BCUT2D eigenvalue weighted by Gasteiger charge is 2.18. The van der Waals surface area contributed by atoms with Crippen molar-refractivity contribution in [3.05, 3.63) is 24.2 Å². The number of rotatable bonds is 7. The van der Waals surface area contributed by atoms with E-state index in [1.807, 2.05) is 6.07 Å². The lowest BCUT2D eigenvalue weighted by atomic mass is 9.85. The molecule has 1 unspecified atom stereocenters. The molecule has 1 aliphatic rings. The van der Waals surface area contributed by atoms with Gasteiger partial charge in [-0.25, -0.2) is 0 Å². The van der Waals surface area contributed by atoms with E-state index in [1.54, 1.807) is 6.26 Å². The Morgan fingerprint density at radius 3 is 2.83 bits per heavy atom. The van der Waals surface area contributed by atoms with E-state index in [0.717, 1.165) is 18.2 Å². The van der Waals surface area contributed by atoms with Crippen molar-refractivity contribution in [2.45, 2.75) is 64.3 Å². The lowest BCUT2D eigenvalue weighted by Crippen LogP contribution is -2.22. The van der Waals surface area contributed by atoms with Crippen LogP contribution < -0.4 is 5.32 Å². The van der Waals surface area contributed by atoms with Crippen LogP contribution in [0.1, 0.15) is 70.1 Å². The fraction of sp³-hybridized carbons (Fsp3) is 0.750. The predicted molar refractivity (Wildman–Crippen MR) is 75.6 cm³/mol. The minimum Gasteiger partial charge on any atom is -0.468 e. The average Bonchev–Trinajstić information content (AvgIpc) is 2.94. The van der Waals surface area contributed by atoms with Crippen molar-refractivity contribution in [2.75, 3.05) is 6.54 Å². The van der Waals surface area contributed by atoms with Crippen LogP contribution in [0, 0.1) is 5.92 Å². The summed E-state index contributed by atoms with van der Waals surface area (Å²) in [6.07, 6.45) is 12.8. The fourth-order valence-corrected chi connectivity index (χ4v) is 3.03. The molecule has 1 fully saturated rings. The molecule has 1 aromatic rings. The van der Waals surface area contributed by atoms with Crippen LogP contribution in [0.2, 0.25) is 0 Å². The molecule has 1 N–H and O–H groups in total. The second-order valence-corrected chi connectivity index (χ2v) is 5.60. The average molecular weight is 249 g/mol. The first-order chi connectivity index (χ1) is 8.90. The van der Waals surface area contributed by atoms with Gasteiger partial charge in [-0.1, -0.05) is 39.0 Å². The van der Waals surface area contributed by atoms with Crippen LogP contribution in [0.25, 0.3) is 0 Å². The lowest BCUT2D eigenvalue weighted by Gasteiger charge is -2.24. The maximum Gasteiger partial charge on any atom is 0.120 e. The topological polar surface area (TPSA) is 25.2 Å². The number of hydrogen-bond acceptors (Lipinski definition) is 2. The minimum atomic E-state index is 0.418. The molecule has 2 heteroatoms. The molecule has 1 aliphatic carbocycles. The van der Waals surface area contributed by atoms with Gasteiger partial charge < -0.3 is 9.73 Å². The van der Waals surface area contributed by atoms with Crippen molar-refractivity contribution in [1.29, 1.82) is 0 Å². The van der Waals surface area contributed by atoms with Gasteiger partial charge in [0, 0.05) is 0 Å². The van der Waals surface area contributed by atoms with Gasteiger partial charge in [-0.2, -0.15) is 0 Å². The van der Waals surface area contributed by atoms with Gasteiger partial charge in [0.1, 0.15) is 5.76 Å². The summed E-state index contributed by atoms with van der Waals surface area (Å²) in [5, 5.41) is 3.62. The van der Waals surface area contributed by atoms with Crippen molar-refractivity contribution >= 4 is 0 Å². The Balaban J connectivity index is 1.80. The molecular weight excluding hydrogens is 222 g/mol. The molecule has 1 aromatic heterocycles. The van der Waals surface area contributed by atoms with Crippen LogP contribution in [-0.2, 0) is 0 Å². The molecule has 1 heterocycles. The first-order valence-corrected chi connectivity index (χ1v) is 7.67. The summed E-state index contributed by atoms with van der Waals surface area (Å²) >= 11 is 0. The molecule has 0 radical (unpaired) electrons. The lowest BCUT2D eigenvalue weighted by molar-refractivity contribution is 0.301. The molecule has 0 aromatic carbocycles. The second-order valence-electron chi connectivity index (χ2n) is 5.60. The zero-order valence-electron chi connectivity index (χ0n) is 11.7. The molecule has 2 rings (SSSR count). The Hall–Kier alpha value is -0.760. The maximum absolute atomic E-state index is 5.57. The Bertz CT molecular complexity index is 301. The highest BCUT2D eigenvalue weighted by molar-refractivity contribution is 5.04. The van der Waals surface area contributed by atoms with E-state index in [1.165, 1.54) is 51.4 Å². The molecular formula is C16H27NO. The van der Waals surface area contributed by atoms with E-state index >= 15 is 0 Å². The Morgan fingerprint density at radius 2 is 2.17 bits per heavy atom. The van der Waals surface area contributed by atoms with Crippen molar-refractivity contribution < 1.29 is 4.42 Å². The number of hydrogen-bond donors (Lipinski definition) is 1. The molecule has 0 saturated heterocycles. The Labute approximate surface area is 111 Å². The summed E-state index contributed by atoms with van der Waals surface area (Å²) in [7, 11) is 0. The molecule has 102 valence electrons. The van der Waals surface area contributed by atoms with Crippen LogP contribution in [0.3, 0.4) is 0 Å². The first-order valence-electron chi connectivity index (χ1n) is 7.67. The third kappa shape index (κ3) is 4.16. The maximum atomic E-state index is 5.57. The van der Waals surface area contributed by atoms with E-state index in [4.69, 9.17) is 4.42 Å². The molecule has 0 spiro atoms. The molecule has 2 nitrogen and oxygen atoms in total. The number of nitrogens with one attached hydrogen (secondary N) is 1. The van der Waals surface area contributed by atoms with Crippen LogP contribution in [0.15, 0.2) is 22.8 Å². The summed E-state index contributed by atoms with van der Waals surface area (Å²) in [6, 6.07) is 4.52. The summed E-state index contributed by atoms with van der Waals surface area (Å²) in [6.45, 7) is 3.30. The van der Waals surface area contributed by atoms with Gasteiger partial charge in [-0.15, -0.1) is 0 Å². The fourth-order valence-electron chi connectivity index (χ4n) is 3.03. The SMILES string of the molecule is CCCNC(CCC1CCCCC1)c1ccco1. The standard InChI is InChI=1S/C16H27NO/c1-2-12-17-15(16-9-6-13-18-16)11-10-14-7-4-3-5-8-14/h6,9,13-15,17H,2-5,7-8,10-12H2,1H3. The van der Waals surface area contributed by atoms with Crippen molar-refractivity contribution in [1.82, 2.24) is 5.32 Å². The van der Waals surface area contributed by atoms with Gasteiger partial charge in [0.2, 0.25) is 0 Å². The summed E-state index contributed by atoms with van der Waals surface area (Å²) in [4.78, 5) is 0. The third-order valence-corrected chi connectivity index (χ3v) is 4.12. The zero-order valence-corrected chi connectivity index (χ0v) is 11.7. The summed E-state index contributed by atoms with van der Waals surface area (Å²) < 4.78 is 5.57. The second kappa shape index (κ2) is 7.63. The van der Waals surface area contributed by atoms with Crippen LogP contribution in [-0.4, -0.2) is 6.54 Å². The first kappa shape index (κ1) is 13.7. The summed E-state index contributed by atoms with van der Waals surface area (Å²) in [5.41, 5.74) is 0.